The summed E-state index contributed by atoms with van der Waals surface area (Å²) in [6, 6.07) is 8.32. The van der Waals surface area contributed by atoms with Crippen molar-refractivity contribution >= 4 is 34.4 Å². The first-order chi connectivity index (χ1) is 10.5. The number of hydrogen-bond acceptors (Lipinski definition) is 3. The van der Waals surface area contributed by atoms with Crippen molar-refractivity contribution in [3.05, 3.63) is 47.1 Å². The number of rotatable bonds is 2. The van der Waals surface area contributed by atoms with Gasteiger partial charge in [0, 0.05) is 53.4 Å². The molecule has 1 aromatic carbocycles. The van der Waals surface area contributed by atoms with Gasteiger partial charge >= 0.3 is 11.9 Å². The van der Waals surface area contributed by atoms with Crippen LogP contribution in [-0.4, -0.2) is 33.3 Å². The number of carbonyl (C=O) groups is 2. The molecule has 0 saturated heterocycles. The zero-order chi connectivity index (χ0) is 16.1. The second-order valence-electron chi connectivity index (χ2n) is 4.68. The Morgan fingerprint density at radius 3 is 2.50 bits per heavy atom. The molecule has 7 heteroatoms. The maximum Gasteiger partial charge on any atom is 0.328 e. The fraction of sp³-hybridized carbons (Fsp3) is 0.200. The lowest BCUT2D eigenvalue weighted by Crippen LogP contribution is -2.27. The summed E-state index contributed by atoms with van der Waals surface area (Å²) in [7, 11) is 0. The molecule has 0 saturated carbocycles. The van der Waals surface area contributed by atoms with Crippen molar-refractivity contribution in [2.24, 2.45) is 0 Å². The van der Waals surface area contributed by atoms with Crippen LogP contribution >= 0.6 is 11.6 Å². The standard InChI is InChI=1S/C11H11ClN2.C4H4O4/c12-9-2-1-8-5-10-7-13-3-4-14(10)11(8)6-9;5-3(6)1-2-4(7)8/h1-2,5-6,13H,3-4,7H2;1-2H,(H,5,6)(H,7,8). The minimum atomic E-state index is -1.26. The Morgan fingerprint density at radius 2 is 1.86 bits per heavy atom. The van der Waals surface area contributed by atoms with Gasteiger partial charge in [0.05, 0.1) is 0 Å². The Labute approximate surface area is 131 Å². The van der Waals surface area contributed by atoms with Gasteiger partial charge in [-0.3, -0.25) is 0 Å². The normalized spacial score (nSPS) is 13.5. The molecule has 0 aliphatic carbocycles. The molecule has 116 valence electrons. The lowest BCUT2D eigenvalue weighted by molar-refractivity contribution is -0.134. The highest BCUT2D eigenvalue weighted by molar-refractivity contribution is 6.31. The van der Waals surface area contributed by atoms with Gasteiger partial charge in [-0.2, -0.15) is 0 Å². The molecule has 2 aromatic rings. The molecular formula is C15H15ClN2O4. The number of nitrogens with zero attached hydrogens (tertiary/aromatic N) is 1. The van der Waals surface area contributed by atoms with Crippen molar-refractivity contribution < 1.29 is 19.8 Å². The lowest BCUT2D eigenvalue weighted by Gasteiger charge is -2.17. The molecule has 2 heterocycles. The summed E-state index contributed by atoms with van der Waals surface area (Å²) in [5.74, 6) is -2.51. The molecule has 3 N–H and O–H groups in total. The number of benzene rings is 1. The molecule has 1 aliphatic heterocycles. The van der Waals surface area contributed by atoms with Crippen LogP contribution in [0.25, 0.3) is 10.9 Å². The summed E-state index contributed by atoms with van der Waals surface area (Å²) >= 11 is 5.99. The van der Waals surface area contributed by atoms with Crippen molar-refractivity contribution in [2.75, 3.05) is 6.54 Å². The van der Waals surface area contributed by atoms with Gasteiger partial charge in [0.25, 0.3) is 0 Å². The van der Waals surface area contributed by atoms with Crippen molar-refractivity contribution in [3.63, 3.8) is 0 Å². The minimum Gasteiger partial charge on any atom is -0.478 e. The van der Waals surface area contributed by atoms with Crippen molar-refractivity contribution in [1.29, 1.82) is 0 Å². The first-order valence-corrected chi connectivity index (χ1v) is 6.97. The Kier molecular flexibility index (Phi) is 5.19. The number of fused-ring (bicyclic) bond motifs is 3. The van der Waals surface area contributed by atoms with Gasteiger partial charge in [0.15, 0.2) is 0 Å². The molecule has 6 nitrogen and oxygen atoms in total. The largest absolute Gasteiger partial charge is 0.478 e. The lowest BCUT2D eigenvalue weighted by atomic mass is 10.2. The van der Waals surface area contributed by atoms with Crippen LogP contribution in [0.15, 0.2) is 36.4 Å². The van der Waals surface area contributed by atoms with Gasteiger partial charge in [-0.25, -0.2) is 9.59 Å². The van der Waals surface area contributed by atoms with E-state index in [1.54, 1.807) is 0 Å². The number of hydrogen-bond donors (Lipinski definition) is 3. The second-order valence-corrected chi connectivity index (χ2v) is 5.11. The van der Waals surface area contributed by atoms with Gasteiger partial charge in [-0.15, -0.1) is 0 Å². The minimum absolute atomic E-state index is 0.558. The highest BCUT2D eigenvalue weighted by Crippen LogP contribution is 2.24. The van der Waals surface area contributed by atoms with Crippen molar-refractivity contribution in [2.45, 2.75) is 13.1 Å². The van der Waals surface area contributed by atoms with E-state index >= 15 is 0 Å². The highest BCUT2D eigenvalue weighted by atomic mass is 35.5. The number of carboxylic acid groups (broad SMARTS) is 2. The van der Waals surface area contributed by atoms with Gasteiger partial charge in [-0.1, -0.05) is 17.7 Å². The van der Waals surface area contributed by atoms with E-state index in [0.717, 1.165) is 24.7 Å². The average Bonchev–Trinajstić information content (AvgIpc) is 2.84. The molecule has 0 atom stereocenters. The van der Waals surface area contributed by atoms with Gasteiger partial charge in [0.2, 0.25) is 0 Å². The summed E-state index contributed by atoms with van der Waals surface area (Å²) < 4.78 is 2.34. The fourth-order valence-corrected chi connectivity index (χ4v) is 2.41. The van der Waals surface area contributed by atoms with E-state index in [2.05, 4.69) is 22.0 Å². The zero-order valence-corrected chi connectivity index (χ0v) is 12.4. The van der Waals surface area contributed by atoms with Crippen LogP contribution in [0.5, 0.6) is 0 Å². The van der Waals surface area contributed by atoms with Crippen molar-refractivity contribution in [3.8, 4) is 0 Å². The van der Waals surface area contributed by atoms with E-state index in [0.29, 0.717) is 12.2 Å². The average molecular weight is 323 g/mol. The number of aliphatic carboxylic acids is 2. The topological polar surface area (TPSA) is 91.6 Å². The molecule has 0 unspecified atom stereocenters. The van der Waals surface area contributed by atoms with Gasteiger partial charge < -0.3 is 20.1 Å². The van der Waals surface area contributed by atoms with Crippen LogP contribution in [0.4, 0.5) is 0 Å². The first-order valence-electron chi connectivity index (χ1n) is 6.59. The molecule has 0 radical (unpaired) electrons. The first kappa shape index (κ1) is 16.1. The maximum atomic E-state index is 9.55. The third-order valence-electron chi connectivity index (χ3n) is 3.14. The molecule has 0 amide bonds. The van der Waals surface area contributed by atoms with Crippen LogP contribution in [0.1, 0.15) is 5.69 Å². The SMILES string of the molecule is Clc1ccc2cc3n(c2c1)CCNC3.O=C(O)C=CC(=O)O. The summed E-state index contributed by atoms with van der Waals surface area (Å²) in [5.41, 5.74) is 2.61. The van der Waals surface area contributed by atoms with E-state index in [9.17, 15) is 9.59 Å². The highest BCUT2D eigenvalue weighted by Gasteiger charge is 2.11. The smallest absolute Gasteiger partial charge is 0.328 e. The van der Waals surface area contributed by atoms with E-state index in [1.807, 2.05) is 12.1 Å². The van der Waals surface area contributed by atoms with Crippen LogP contribution in [0.3, 0.4) is 0 Å². The third kappa shape index (κ3) is 4.09. The Bertz CT molecular complexity index is 720. The summed E-state index contributed by atoms with van der Waals surface area (Å²) in [5, 5.41) is 21.1. The summed E-state index contributed by atoms with van der Waals surface area (Å²) in [6.07, 6.45) is 1.12. The Balaban J connectivity index is 0.000000192. The van der Waals surface area contributed by atoms with E-state index in [-0.39, 0.29) is 0 Å². The van der Waals surface area contributed by atoms with Crippen molar-refractivity contribution in [1.82, 2.24) is 9.88 Å². The zero-order valence-electron chi connectivity index (χ0n) is 11.6. The van der Waals surface area contributed by atoms with Crippen LogP contribution in [-0.2, 0) is 22.7 Å². The second kappa shape index (κ2) is 7.11. The molecule has 0 spiro atoms. The molecule has 0 bridgehead atoms. The van der Waals surface area contributed by atoms with Crippen LogP contribution in [0, 0.1) is 0 Å². The number of aromatic nitrogens is 1. The number of nitrogens with one attached hydrogen (secondary N) is 1. The Morgan fingerprint density at radius 1 is 1.18 bits per heavy atom. The monoisotopic (exact) mass is 322 g/mol. The summed E-state index contributed by atoms with van der Waals surface area (Å²) in [4.78, 5) is 19.1. The third-order valence-corrected chi connectivity index (χ3v) is 3.37. The quantitative estimate of drug-likeness (QED) is 0.737. The molecule has 3 rings (SSSR count). The predicted octanol–water partition coefficient (Wildman–Crippen LogP) is 2.11. The van der Waals surface area contributed by atoms with E-state index in [4.69, 9.17) is 21.8 Å². The van der Waals surface area contributed by atoms with Crippen LogP contribution < -0.4 is 5.32 Å². The molecule has 1 aliphatic rings. The predicted molar refractivity (Wildman–Crippen MR) is 83.1 cm³/mol. The van der Waals surface area contributed by atoms with E-state index in [1.165, 1.54) is 16.6 Å². The maximum absolute atomic E-state index is 9.55. The summed E-state index contributed by atoms with van der Waals surface area (Å²) in [6.45, 7) is 3.05. The molecule has 0 fully saturated rings. The van der Waals surface area contributed by atoms with Gasteiger partial charge in [-0.05, 0) is 18.2 Å². The number of carboxylic acids is 2. The molecule has 22 heavy (non-hydrogen) atoms. The van der Waals surface area contributed by atoms with Gasteiger partial charge in [0.1, 0.15) is 0 Å². The number of halogens is 1. The molecule has 1 aromatic heterocycles. The molecular weight excluding hydrogens is 308 g/mol. The van der Waals surface area contributed by atoms with E-state index < -0.39 is 11.9 Å². The fourth-order valence-electron chi connectivity index (χ4n) is 2.25. The van der Waals surface area contributed by atoms with Crippen LogP contribution in [0.2, 0.25) is 5.02 Å². The Hall–Kier alpha value is -2.31.